The smallest absolute Gasteiger partial charge is 0.307 e. The van der Waals surface area contributed by atoms with E-state index in [4.69, 9.17) is 11.6 Å². The number of hydrogen-bond donors (Lipinski definition) is 1. The number of amides is 1. The Hall–Kier alpha value is -1.85. The Labute approximate surface area is 158 Å². The SMILES string of the molecule is O=C(O)C1C2C=CC(C2)C1C(=O)N1CCN(Cc2cccc(Cl)c2)CC1. The van der Waals surface area contributed by atoms with E-state index in [0.717, 1.165) is 31.1 Å². The Morgan fingerprint density at radius 1 is 1.08 bits per heavy atom. The number of carbonyl (C=O) groups excluding carboxylic acids is 1. The molecule has 1 N–H and O–H groups in total. The predicted molar refractivity (Wildman–Crippen MR) is 98.7 cm³/mol. The van der Waals surface area contributed by atoms with Crippen LogP contribution in [0.2, 0.25) is 5.02 Å². The van der Waals surface area contributed by atoms with Crippen molar-refractivity contribution in [2.45, 2.75) is 13.0 Å². The van der Waals surface area contributed by atoms with Crippen LogP contribution in [-0.4, -0.2) is 53.0 Å². The Bertz CT molecular complexity index is 742. The molecule has 0 aromatic heterocycles. The zero-order chi connectivity index (χ0) is 18.3. The van der Waals surface area contributed by atoms with Crippen LogP contribution in [0.1, 0.15) is 12.0 Å². The topological polar surface area (TPSA) is 60.9 Å². The summed E-state index contributed by atoms with van der Waals surface area (Å²) >= 11 is 6.05. The minimum atomic E-state index is -0.834. The molecule has 1 heterocycles. The van der Waals surface area contributed by atoms with Gasteiger partial charge in [0.15, 0.2) is 0 Å². The highest BCUT2D eigenvalue weighted by Crippen LogP contribution is 2.48. The fourth-order valence-electron chi connectivity index (χ4n) is 4.73. The molecule has 138 valence electrons. The summed E-state index contributed by atoms with van der Waals surface area (Å²) in [5.74, 6) is -1.63. The van der Waals surface area contributed by atoms with Gasteiger partial charge in [-0.15, -0.1) is 0 Å². The second-order valence-corrected chi connectivity index (χ2v) is 8.01. The van der Waals surface area contributed by atoms with Crippen molar-refractivity contribution >= 4 is 23.5 Å². The highest BCUT2D eigenvalue weighted by molar-refractivity contribution is 6.30. The van der Waals surface area contributed by atoms with Gasteiger partial charge in [0.25, 0.3) is 0 Å². The van der Waals surface area contributed by atoms with Crippen LogP contribution >= 0.6 is 11.6 Å². The van der Waals surface area contributed by atoms with Crippen LogP contribution in [0, 0.1) is 23.7 Å². The van der Waals surface area contributed by atoms with Crippen molar-refractivity contribution < 1.29 is 14.7 Å². The standard InChI is InChI=1S/C20H23ClN2O3/c21-16-3-1-2-13(10-16)12-22-6-8-23(9-7-22)19(24)17-14-4-5-15(11-14)18(17)20(25)26/h1-5,10,14-15,17-18H,6-9,11-12H2,(H,25,26). The summed E-state index contributed by atoms with van der Waals surface area (Å²) in [5, 5.41) is 10.3. The van der Waals surface area contributed by atoms with E-state index in [2.05, 4.69) is 11.0 Å². The van der Waals surface area contributed by atoms with Gasteiger partial charge in [0.2, 0.25) is 5.91 Å². The first kappa shape index (κ1) is 17.6. The molecule has 1 saturated carbocycles. The number of rotatable bonds is 4. The molecule has 1 aromatic carbocycles. The molecule has 4 rings (SSSR count). The summed E-state index contributed by atoms with van der Waals surface area (Å²) in [5.41, 5.74) is 1.17. The molecule has 1 amide bonds. The summed E-state index contributed by atoms with van der Waals surface area (Å²) in [4.78, 5) is 28.8. The van der Waals surface area contributed by atoms with E-state index in [-0.39, 0.29) is 23.7 Å². The van der Waals surface area contributed by atoms with E-state index >= 15 is 0 Å². The van der Waals surface area contributed by atoms with Gasteiger partial charge < -0.3 is 10.0 Å². The van der Waals surface area contributed by atoms with Gasteiger partial charge in [-0.3, -0.25) is 14.5 Å². The maximum atomic E-state index is 13.0. The number of carboxylic acids is 1. The molecule has 4 atom stereocenters. The molecule has 0 spiro atoms. The number of carbonyl (C=O) groups is 2. The van der Waals surface area contributed by atoms with Gasteiger partial charge in [-0.05, 0) is 36.0 Å². The third-order valence-corrected chi connectivity index (χ3v) is 6.24. The molecule has 2 bridgehead atoms. The first-order valence-electron chi connectivity index (χ1n) is 9.19. The number of benzene rings is 1. The summed E-state index contributed by atoms with van der Waals surface area (Å²) in [6.07, 6.45) is 4.83. The quantitative estimate of drug-likeness (QED) is 0.822. The number of carboxylic acid groups (broad SMARTS) is 1. The minimum Gasteiger partial charge on any atom is -0.481 e. The van der Waals surface area contributed by atoms with Gasteiger partial charge >= 0.3 is 5.97 Å². The van der Waals surface area contributed by atoms with Gasteiger partial charge in [0.1, 0.15) is 0 Å². The Morgan fingerprint density at radius 2 is 1.77 bits per heavy atom. The van der Waals surface area contributed by atoms with Gasteiger partial charge in [0, 0.05) is 37.7 Å². The minimum absolute atomic E-state index is 0.0237. The van der Waals surface area contributed by atoms with Crippen molar-refractivity contribution in [2.24, 2.45) is 23.7 Å². The second kappa shape index (κ2) is 7.05. The summed E-state index contributed by atoms with van der Waals surface area (Å²) in [6.45, 7) is 3.73. The van der Waals surface area contributed by atoms with Crippen LogP contribution in [0.15, 0.2) is 36.4 Å². The molecule has 3 aliphatic rings. The van der Waals surface area contributed by atoms with Crippen LogP contribution in [0.3, 0.4) is 0 Å². The number of nitrogens with zero attached hydrogens (tertiary/aromatic N) is 2. The predicted octanol–water partition coefficient (Wildman–Crippen LogP) is 2.51. The maximum absolute atomic E-state index is 13.0. The average molecular weight is 375 g/mol. The highest BCUT2D eigenvalue weighted by atomic mass is 35.5. The Kier molecular flexibility index (Phi) is 4.76. The molecule has 26 heavy (non-hydrogen) atoms. The van der Waals surface area contributed by atoms with Crippen molar-refractivity contribution in [3.05, 3.63) is 47.0 Å². The molecule has 1 saturated heterocycles. The van der Waals surface area contributed by atoms with Gasteiger partial charge in [-0.1, -0.05) is 35.9 Å². The van der Waals surface area contributed by atoms with E-state index in [1.807, 2.05) is 35.3 Å². The fraction of sp³-hybridized carbons (Fsp3) is 0.500. The number of halogens is 1. The average Bonchev–Trinajstić information content (AvgIpc) is 3.23. The lowest BCUT2D eigenvalue weighted by molar-refractivity contribution is -0.151. The van der Waals surface area contributed by atoms with Crippen LogP contribution in [0.25, 0.3) is 0 Å². The number of fused-ring (bicyclic) bond motifs is 2. The van der Waals surface area contributed by atoms with Crippen LogP contribution in [0.4, 0.5) is 0 Å². The normalized spacial score (nSPS) is 30.7. The first-order chi connectivity index (χ1) is 12.5. The van der Waals surface area contributed by atoms with Crippen molar-refractivity contribution in [3.8, 4) is 0 Å². The third-order valence-electron chi connectivity index (χ3n) is 6.01. The molecule has 2 aliphatic carbocycles. The number of allylic oxidation sites excluding steroid dienone is 2. The van der Waals surface area contributed by atoms with E-state index < -0.39 is 11.9 Å². The van der Waals surface area contributed by atoms with Gasteiger partial charge in [0.05, 0.1) is 11.8 Å². The lowest BCUT2D eigenvalue weighted by Crippen LogP contribution is -2.52. The van der Waals surface area contributed by atoms with E-state index in [1.54, 1.807) is 0 Å². The molecular formula is C20H23ClN2O3. The summed E-state index contributed by atoms with van der Waals surface area (Å²) in [6, 6.07) is 7.84. The number of aliphatic carboxylic acids is 1. The zero-order valence-electron chi connectivity index (χ0n) is 14.6. The second-order valence-electron chi connectivity index (χ2n) is 7.57. The molecule has 0 radical (unpaired) electrons. The maximum Gasteiger partial charge on any atom is 0.307 e. The van der Waals surface area contributed by atoms with Gasteiger partial charge in [-0.2, -0.15) is 0 Å². The Balaban J connectivity index is 1.36. The number of piperazine rings is 1. The fourth-order valence-corrected chi connectivity index (χ4v) is 4.94. The molecule has 2 fully saturated rings. The molecule has 1 aromatic rings. The monoisotopic (exact) mass is 374 g/mol. The van der Waals surface area contributed by atoms with Crippen LogP contribution in [0.5, 0.6) is 0 Å². The lowest BCUT2D eigenvalue weighted by Gasteiger charge is -2.37. The summed E-state index contributed by atoms with van der Waals surface area (Å²) < 4.78 is 0. The molecule has 5 nitrogen and oxygen atoms in total. The number of hydrogen-bond acceptors (Lipinski definition) is 3. The van der Waals surface area contributed by atoms with E-state index in [0.29, 0.717) is 13.1 Å². The van der Waals surface area contributed by atoms with E-state index in [1.165, 1.54) is 5.56 Å². The summed E-state index contributed by atoms with van der Waals surface area (Å²) in [7, 11) is 0. The van der Waals surface area contributed by atoms with Gasteiger partial charge in [-0.25, -0.2) is 0 Å². The largest absolute Gasteiger partial charge is 0.481 e. The Morgan fingerprint density at radius 3 is 2.42 bits per heavy atom. The van der Waals surface area contributed by atoms with E-state index in [9.17, 15) is 14.7 Å². The van der Waals surface area contributed by atoms with Crippen molar-refractivity contribution in [1.29, 1.82) is 0 Å². The van der Waals surface area contributed by atoms with Crippen LogP contribution < -0.4 is 0 Å². The molecule has 4 unspecified atom stereocenters. The highest BCUT2D eigenvalue weighted by Gasteiger charge is 2.52. The van der Waals surface area contributed by atoms with Crippen LogP contribution in [-0.2, 0) is 16.1 Å². The molecule has 6 heteroatoms. The third kappa shape index (κ3) is 3.26. The first-order valence-corrected chi connectivity index (χ1v) is 9.57. The lowest BCUT2D eigenvalue weighted by atomic mass is 9.82. The van der Waals surface area contributed by atoms with Crippen molar-refractivity contribution in [3.63, 3.8) is 0 Å². The zero-order valence-corrected chi connectivity index (χ0v) is 15.3. The van der Waals surface area contributed by atoms with Crippen molar-refractivity contribution in [2.75, 3.05) is 26.2 Å². The molecule has 1 aliphatic heterocycles. The molecular weight excluding hydrogens is 352 g/mol. The van der Waals surface area contributed by atoms with Crippen molar-refractivity contribution in [1.82, 2.24) is 9.80 Å².